The van der Waals surface area contributed by atoms with Gasteiger partial charge in [-0.1, -0.05) is 35.9 Å². The van der Waals surface area contributed by atoms with Gasteiger partial charge < -0.3 is 10.2 Å². The van der Waals surface area contributed by atoms with E-state index < -0.39 is 11.8 Å². The van der Waals surface area contributed by atoms with E-state index in [4.69, 9.17) is 11.6 Å². The molecular weight excluding hydrogens is 264 g/mol. The SMILES string of the molecule is C=CCN(CC=C)C(=O)C(=O)Nc1ccccc1Cl. The maximum Gasteiger partial charge on any atom is 0.313 e. The highest BCUT2D eigenvalue weighted by molar-refractivity contribution is 6.41. The molecule has 100 valence electrons. The van der Waals surface area contributed by atoms with Crippen LogP contribution in [0.4, 0.5) is 5.69 Å². The molecule has 1 aromatic carbocycles. The molecule has 1 rings (SSSR count). The van der Waals surface area contributed by atoms with Gasteiger partial charge in [0.05, 0.1) is 10.7 Å². The number of anilines is 1. The number of para-hydroxylation sites is 1. The lowest BCUT2D eigenvalue weighted by atomic mass is 10.3. The van der Waals surface area contributed by atoms with Crippen LogP contribution in [-0.2, 0) is 9.59 Å². The van der Waals surface area contributed by atoms with Gasteiger partial charge in [-0.15, -0.1) is 13.2 Å². The summed E-state index contributed by atoms with van der Waals surface area (Å²) < 4.78 is 0. The minimum Gasteiger partial charge on any atom is -0.327 e. The van der Waals surface area contributed by atoms with Crippen LogP contribution in [0.3, 0.4) is 0 Å². The quantitative estimate of drug-likeness (QED) is 0.664. The van der Waals surface area contributed by atoms with Crippen molar-refractivity contribution in [2.45, 2.75) is 0 Å². The van der Waals surface area contributed by atoms with Gasteiger partial charge in [-0.05, 0) is 12.1 Å². The molecule has 0 heterocycles. The van der Waals surface area contributed by atoms with Crippen molar-refractivity contribution in [2.24, 2.45) is 0 Å². The van der Waals surface area contributed by atoms with Crippen molar-refractivity contribution < 1.29 is 9.59 Å². The second kappa shape index (κ2) is 7.38. The third kappa shape index (κ3) is 4.26. The number of carbonyl (C=O) groups excluding carboxylic acids is 2. The van der Waals surface area contributed by atoms with E-state index in [0.717, 1.165) is 0 Å². The van der Waals surface area contributed by atoms with Crippen LogP contribution in [0, 0.1) is 0 Å². The van der Waals surface area contributed by atoms with Gasteiger partial charge in [-0.25, -0.2) is 0 Å². The number of hydrogen-bond donors (Lipinski definition) is 1. The first-order valence-corrected chi connectivity index (χ1v) is 6.04. The van der Waals surface area contributed by atoms with E-state index in [2.05, 4.69) is 18.5 Å². The molecule has 0 aliphatic heterocycles. The Labute approximate surface area is 117 Å². The Kier molecular flexibility index (Phi) is 5.82. The highest BCUT2D eigenvalue weighted by atomic mass is 35.5. The number of carbonyl (C=O) groups is 2. The fourth-order valence-corrected chi connectivity index (χ4v) is 1.62. The van der Waals surface area contributed by atoms with Gasteiger partial charge in [-0.3, -0.25) is 9.59 Å². The van der Waals surface area contributed by atoms with Crippen LogP contribution < -0.4 is 5.32 Å². The number of hydrogen-bond acceptors (Lipinski definition) is 2. The Morgan fingerprint density at radius 3 is 2.32 bits per heavy atom. The molecule has 1 N–H and O–H groups in total. The van der Waals surface area contributed by atoms with Gasteiger partial charge in [0.2, 0.25) is 0 Å². The molecular formula is C14H15ClN2O2. The summed E-state index contributed by atoms with van der Waals surface area (Å²) in [6, 6.07) is 6.71. The third-order valence-corrected chi connectivity index (χ3v) is 2.63. The van der Waals surface area contributed by atoms with E-state index in [1.807, 2.05) is 0 Å². The highest BCUT2D eigenvalue weighted by Gasteiger charge is 2.20. The molecule has 0 aliphatic rings. The van der Waals surface area contributed by atoms with E-state index in [9.17, 15) is 9.59 Å². The number of rotatable bonds is 5. The van der Waals surface area contributed by atoms with Crippen molar-refractivity contribution in [1.29, 1.82) is 0 Å². The Bertz CT molecular complexity index is 490. The molecule has 0 saturated carbocycles. The van der Waals surface area contributed by atoms with Crippen LogP contribution in [0.1, 0.15) is 0 Å². The Balaban J connectivity index is 2.76. The lowest BCUT2D eigenvalue weighted by molar-refractivity contribution is -0.142. The van der Waals surface area contributed by atoms with Crippen LogP contribution in [-0.4, -0.2) is 29.8 Å². The predicted molar refractivity (Wildman–Crippen MR) is 77.1 cm³/mol. The van der Waals surface area contributed by atoms with Crippen LogP contribution >= 0.6 is 11.6 Å². The first kappa shape index (κ1) is 15.0. The normalized spacial score (nSPS) is 9.53. The van der Waals surface area contributed by atoms with Crippen LogP contribution in [0.25, 0.3) is 0 Å². The van der Waals surface area contributed by atoms with Crippen molar-refractivity contribution >= 4 is 29.1 Å². The number of nitrogens with one attached hydrogen (secondary N) is 1. The van der Waals surface area contributed by atoms with Crippen LogP contribution in [0.2, 0.25) is 5.02 Å². The average molecular weight is 279 g/mol. The molecule has 0 saturated heterocycles. The minimum atomic E-state index is -0.739. The van der Waals surface area contributed by atoms with Gasteiger partial charge in [0.15, 0.2) is 0 Å². The molecule has 19 heavy (non-hydrogen) atoms. The molecule has 2 amide bonds. The van der Waals surface area contributed by atoms with Crippen LogP contribution in [0.5, 0.6) is 0 Å². The lowest BCUT2D eigenvalue weighted by Crippen LogP contribution is -2.39. The topological polar surface area (TPSA) is 49.4 Å². The summed E-state index contributed by atoms with van der Waals surface area (Å²) in [5, 5.41) is 2.85. The number of amides is 2. The highest BCUT2D eigenvalue weighted by Crippen LogP contribution is 2.20. The van der Waals surface area contributed by atoms with Crippen LogP contribution in [0.15, 0.2) is 49.6 Å². The molecule has 0 aliphatic carbocycles. The molecule has 0 fully saturated rings. The first-order chi connectivity index (χ1) is 9.10. The zero-order valence-electron chi connectivity index (χ0n) is 10.4. The summed E-state index contributed by atoms with van der Waals surface area (Å²) >= 11 is 5.90. The maximum absolute atomic E-state index is 11.9. The summed E-state index contributed by atoms with van der Waals surface area (Å²) in [5.41, 5.74) is 0.402. The largest absolute Gasteiger partial charge is 0.327 e. The summed E-state index contributed by atoms with van der Waals surface area (Å²) in [6.45, 7) is 7.64. The van der Waals surface area contributed by atoms with E-state index in [1.54, 1.807) is 36.4 Å². The summed E-state index contributed by atoms with van der Waals surface area (Å²) in [5.74, 6) is -1.39. The van der Waals surface area contributed by atoms with E-state index in [0.29, 0.717) is 10.7 Å². The summed E-state index contributed by atoms with van der Waals surface area (Å²) in [7, 11) is 0. The molecule has 0 atom stereocenters. The molecule has 0 radical (unpaired) electrons. The van der Waals surface area contributed by atoms with E-state index in [-0.39, 0.29) is 13.1 Å². The lowest BCUT2D eigenvalue weighted by Gasteiger charge is -2.18. The fraction of sp³-hybridized carbons (Fsp3) is 0.143. The fourth-order valence-electron chi connectivity index (χ4n) is 1.43. The standard InChI is InChI=1S/C14H15ClN2O2/c1-3-9-17(10-4-2)14(19)13(18)16-12-8-6-5-7-11(12)15/h3-8H,1-2,9-10H2,(H,16,18). The molecule has 4 nitrogen and oxygen atoms in total. The van der Waals surface area contributed by atoms with Crippen molar-refractivity contribution in [3.63, 3.8) is 0 Å². The van der Waals surface area contributed by atoms with Crippen molar-refractivity contribution in [3.8, 4) is 0 Å². The van der Waals surface area contributed by atoms with Gasteiger partial charge in [0, 0.05) is 13.1 Å². The van der Waals surface area contributed by atoms with Gasteiger partial charge >= 0.3 is 11.8 Å². The predicted octanol–water partition coefficient (Wildman–Crippen LogP) is 2.48. The Morgan fingerprint density at radius 1 is 1.21 bits per heavy atom. The summed E-state index contributed by atoms with van der Waals surface area (Å²) in [6.07, 6.45) is 3.09. The van der Waals surface area contributed by atoms with Gasteiger partial charge in [0.25, 0.3) is 0 Å². The zero-order valence-corrected chi connectivity index (χ0v) is 11.2. The number of benzene rings is 1. The third-order valence-electron chi connectivity index (χ3n) is 2.30. The second-order valence-corrected chi connectivity index (χ2v) is 4.13. The monoisotopic (exact) mass is 278 g/mol. The van der Waals surface area contributed by atoms with Gasteiger partial charge in [0.1, 0.15) is 0 Å². The number of nitrogens with zero attached hydrogens (tertiary/aromatic N) is 1. The van der Waals surface area contributed by atoms with E-state index in [1.165, 1.54) is 4.90 Å². The minimum absolute atomic E-state index is 0.279. The zero-order chi connectivity index (χ0) is 14.3. The Morgan fingerprint density at radius 2 is 1.79 bits per heavy atom. The molecule has 0 unspecified atom stereocenters. The molecule has 5 heteroatoms. The number of halogens is 1. The summed E-state index contributed by atoms with van der Waals surface area (Å²) in [4.78, 5) is 25.1. The molecule has 0 spiro atoms. The average Bonchev–Trinajstić information content (AvgIpc) is 2.40. The van der Waals surface area contributed by atoms with Crippen molar-refractivity contribution in [2.75, 3.05) is 18.4 Å². The second-order valence-electron chi connectivity index (χ2n) is 3.72. The van der Waals surface area contributed by atoms with Crippen molar-refractivity contribution in [3.05, 3.63) is 54.6 Å². The molecule has 1 aromatic rings. The maximum atomic E-state index is 11.9. The smallest absolute Gasteiger partial charge is 0.313 e. The van der Waals surface area contributed by atoms with E-state index >= 15 is 0 Å². The molecule has 0 bridgehead atoms. The van der Waals surface area contributed by atoms with Crippen molar-refractivity contribution in [1.82, 2.24) is 4.90 Å². The first-order valence-electron chi connectivity index (χ1n) is 5.66. The van der Waals surface area contributed by atoms with Gasteiger partial charge in [-0.2, -0.15) is 0 Å². The Hall–Kier alpha value is -2.07. The molecule has 0 aromatic heterocycles.